The van der Waals surface area contributed by atoms with E-state index in [4.69, 9.17) is 0 Å². The van der Waals surface area contributed by atoms with Crippen LogP contribution in [0, 0.1) is 5.92 Å². The third kappa shape index (κ3) is 4.00. The molecule has 0 aliphatic carbocycles. The first kappa shape index (κ1) is 18.7. The molecule has 1 unspecified atom stereocenters. The third-order valence-corrected chi connectivity index (χ3v) is 4.60. The molecule has 0 amide bonds. The third-order valence-electron chi connectivity index (χ3n) is 4.02. The number of benzene rings is 1. The minimum absolute atomic E-state index is 0.287. The van der Waals surface area contributed by atoms with E-state index in [-0.39, 0.29) is 12.0 Å². The topological polar surface area (TPSA) is 42.2 Å². The molecule has 0 saturated heterocycles. The van der Waals surface area contributed by atoms with Gasteiger partial charge in [-0.3, -0.25) is 0 Å². The van der Waals surface area contributed by atoms with Crippen molar-refractivity contribution < 1.29 is 13.2 Å². The minimum Gasteiger partial charge on any atom is -0.361 e. The Hall–Kier alpha value is -2.09. The lowest BCUT2D eigenvalue weighted by atomic mass is 9.95. The second-order valence-electron chi connectivity index (χ2n) is 6.51. The van der Waals surface area contributed by atoms with Crippen LogP contribution in [0.4, 0.5) is 19.0 Å². The van der Waals surface area contributed by atoms with Crippen molar-refractivity contribution in [1.29, 1.82) is 0 Å². The molecule has 0 spiro atoms. The van der Waals surface area contributed by atoms with Crippen LogP contribution in [-0.2, 0) is 6.18 Å². The number of nitrogens with one attached hydrogen (secondary N) is 1. The Bertz CT molecular complexity index is 905. The van der Waals surface area contributed by atoms with Crippen LogP contribution in [0.25, 0.3) is 5.52 Å². The largest absolute Gasteiger partial charge is 0.416 e. The number of halogens is 4. The molecule has 8 heteroatoms. The molecule has 4 nitrogen and oxygen atoms in total. The van der Waals surface area contributed by atoms with Gasteiger partial charge in [0, 0.05) is 12.4 Å². The summed E-state index contributed by atoms with van der Waals surface area (Å²) >= 11 is 3.44. The Morgan fingerprint density at radius 3 is 2.73 bits per heavy atom. The summed E-state index contributed by atoms with van der Waals surface area (Å²) in [5.74, 6) is 0.857. The van der Waals surface area contributed by atoms with E-state index >= 15 is 0 Å². The number of fused-ring (bicyclic) bond motifs is 1. The van der Waals surface area contributed by atoms with Crippen molar-refractivity contribution >= 4 is 27.3 Å². The summed E-state index contributed by atoms with van der Waals surface area (Å²) in [6, 6.07) is 5.13. The van der Waals surface area contributed by atoms with Crippen LogP contribution in [0.5, 0.6) is 0 Å². The number of hydrogen-bond donors (Lipinski definition) is 1. The van der Waals surface area contributed by atoms with Gasteiger partial charge in [-0.15, -0.1) is 0 Å². The van der Waals surface area contributed by atoms with Gasteiger partial charge in [-0.2, -0.15) is 18.3 Å². The van der Waals surface area contributed by atoms with E-state index in [1.165, 1.54) is 12.1 Å². The number of aromatic nitrogens is 3. The molecule has 1 aromatic carbocycles. The van der Waals surface area contributed by atoms with Gasteiger partial charge in [0.1, 0.15) is 5.52 Å². The predicted molar refractivity (Wildman–Crippen MR) is 97.9 cm³/mol. The molecule has 1 atom stereocenters. The molecule has 0 saturated carbocycles. The van der Waals surface area contributed by atoms with Crippen LogP contribution < -0.4 is 5.32 Å². The monoisotopic (exact) mass is 426 g/mol. The number of anilines is 1. The van der Waals surface area contributed by atoms with Crippen LogP contribution in [0.3, 0.4) is 0 Å². The normalized spacial score (nSPS) is 13.3. The van der Waals surface area contributed by atoms with E-state index in [9.17, 15) is 13.2 Å². The maximum absolute atomic E-state index is 13.1. The summed E-state index contributed by atoms with van der Waals surface area (Å²) in [5, 5.41) is 7.51. The Morgan fingerprint density at radius 1 is 1.27 bits per heavy atom. The van der Waals surface area contributed by atoms with Crippen molar-refractivity contribution in [3.8, 4) is 0 Å². The van der Waals surface area contributed by atoms with E-state index in [1.54, 1.807) is 29.2 Å². The SMILES string of the molecule is CC(C)CC(Nc1nccn2ncc(Br)c12)c1cccc(C(F)(F)F)c1. The molecular formula is C18H18BrF3N4. The second-order valence-corrected chi connectivity index (χ2v) is 7.37. The number of hydrogen-bond acceptors (Lipinski definition) is 3. The molecule has 138 valence electrons. The molecule has 0 bridgehead atoms. The van der Waals surface area contributed by atoms with Crippen molar-refractivity contribution in [1.82, 2.24) is 14.6 Å². The summed E-state index contributed by atoms with van der Waals surface area (Å²) in [6.45, 7) is 4.07. The van der Waals surface area contributed by atoms with E-state index in [2.05, 4.69) is 31.3 Å². The maximum atomic E-state index is 13.1. The van der Waals surface area contributed by atoms with Gasteiger partial charge in [-0.25, -0.2) is 9.50 Å². The van der Waals surface area contributed by atoms with Crippen molar-refractivity contribution in [3.05, 3.63) is 58.5 Å². The van der Waals surface area contributed by atoms with Crippen molar-refractivity contribution in [3.63, 3.8) is 0 Å². The van der Waals surface area contributed by atoms with Crippen LogP contribution >= 0.6 is 15.9 Å². The van der Waals surface area contributed by atoms with Crippen molar-refractivity contribution in [2.45, 2.75) is 32.5 Å². The lowest BCUT2D eigenvalue weighted by Gasteiger charge is -2.23. The van der Waals surface area contributed by atoms with Crippen molar-refractivity contribution in [2.75, 3.05) is 5.32 Å². The average molecular weight is 427 g/mol. The quantitative estimate of drug-likeness (QED) is 0.567. The Balaban J connectivity index is 2.00. The summed E-state index contributed by atoms with van der Waals surface area (Å²) in [7, 11) is 0. The molecular weight excluding hydrogens is 409 g/mol. The molecule has 0 aliphatic heterocycles. The van der Waals surface area contributed by atoms with E-state index in [0.29, 0.717) is 17.8 Å². The van der Waals surface area contributed by atoms with Crippen molar-refractivity contribution in [2.24, 2.45) is 5.92 Å². The highest BCUT2D eigenvalue weighted by atomic mass is 79.9. The smallest absolute Gasteiger partial charge is 0.361 e. The fourth-order valence-corrected chi connectivity index (χ4v) is 3.32. The molecule has 3 rings (SSSR count). The highest BCUT2D eigenvalue weighted by molar-refractivity contribution is 9.10. The lowest BCUT2D eigenvalue weighted by Crippen LogP contribution is -2.16. The fourth-order valence-electron chi connectivity index (χ4n) is 2.86. The van der Waals surface area contributed by atoms with Gasteiger partial charge in [-0.05, 0) is 46.0 Å². The van der Waals surface area contributed by atoms with Gasteiger partial charge in [-0.1, -0.05) is 26.0 Å². The first-order valence-corrected chi connectivity index (χ1v) is 8.96. The summed E-state index contributed by atoms with van der Waals surface area (Å²) < 4.78 is 41.7. The van der Waals surface area contributed by atoms with Gasteiger partial charge in [0.25, 0.3) is 0 Å². The first-order chi connectivity index (χ1) is 12.3. The standard InChI is InChI=1S/C18H18BrF3N4/c1-11(2)8-15(12-4-3-5-13(9-12)18(20,21)22)25-17-16-14(19)10-24-26(16)7-6-23-17/h3-7,9-11,15H,8H2,1-2H3,(H,23,25). The molecule has 0 fully saturated rings. The molecule has 2 aromatic heterocycles. The molecule has 3 aromatic rings. The second kappa shape index (κ2) is 7.26. The summed E-state index contributed by atoms with van der Waals surface area (Å²) in [4.78, 5) is 4.36. The zero-order chi connectivity index (χ0) is 18.9. The van der Waals surface area contributed by atoms with Crippen LogP contribution in [0.15, 0.2) is 47.3 Å². The van der Waals surface area contributed by atoms with E-state index < -0.39 is 11.7 Å². The Labute approximate surface area is 157 Å². The minimum atomic E-state index is -4.37. The molecule has 26 heavy (non-hydrogen) atoms. The molecule has 2 heterocycles. The van der Waals surface area contributed by atoms with Gasteiger partial charge in [0.15, 0.2) is 5.82 Å². The average Bonchev–Trinajstić information content (AvgIpc) is 2.95. The van der Waals surface area contributed by atoms with E-state index in [0.717, 1.165) is 16.1 Å². The van der Waals surface area contributed by atoms with Crippen LogP contribution in [-0.4, -0.2) is 14.6 Å². The Kier molecular flexibility index (Phi) is 5.22. The molecule has 0 radical (unpaired) electrons. The highest BCUT2D eigenvalue weighted by Crippen LogP contribution is 2.34. The summed E-state index contributed by atoms with van der Waals surface area (Å²) in [6.07, 6.45) is 1.27. The number of alkyl halides is 3. The van der Waals surface area contributed by atoms with Gasteiger partial charge in [0.2, 0.25) is 0 Å². The maximum Gasteiger partial charge on any atom is 0.416 e. The predicted octanol–water partition coefficient (Wildman–Crippen LogP) is 5.71. The fraction of sp³-hybridized carbons (Fsp3) is 0.333. The van der Waals surface area contributed by atoms with Gasteiger partial charge >= 0.3 is 6.18 Å². The lowest BCUT2D eigenvalue weighted by molar-refractivity contribution is -0.137. The molecule has 1 N–H and O–H groups in total. The Morgan fingerprint density at radius 2 is 2.04 bits per heavy atom. The van der Waals surface area contributed by atoms with Crippen LogP contribution in [0.1, 0.15) is 37.4 Å². The number of rotatable bonds is 5. The van der Waals surface area contributed by atoms with E-state index in [1.807, 2.05) is 13.8 Å². The summed E-state index contributed by atoms with van der Waals surface area (Å²) in [5.41, 5.74) is 0.670. The number of nitrogens with zero attached hydrogens (tertiary/aromatic N) is 3. The van der Waals surface area contributed by atoms with Gasteiger partial charge < -0.3 is 5.32 Å². The zero-order valence-corrected chi connectivity index (χ0v) is 15.8. The van der Waals surface area contributed by atoms with Gasteiger partial charge in [0.05, 0.1) is 22.3 Å². The first-order valence-electron chi connectivity index (χ1n) is 8.17. The highest BCUT2D eigenvalue weighted by Gasteiger charge is 2.31. The zero-order valence-electron chi connectivity index (χ0n) is 14.3. The van der Waals surface area contributed by atoms with Crippen LogP contribution in [0.2, 0.25) is 0 Å². The molecule has 0 aliphatic rings.